The standard InChI is InChI=1S/C27H36N4O3/c1-16(2)22-14-20(24-18(4)30-31(25(24)28-22)27(5,6)7)26(32)29-21-11-10-17(3)13-23(21)34-15-19-9-8-12-33-19/h10-11,13-14,16,19H,8-9,12,15H2,1-7H3,(H,29,32). The van der Waals surface area contributed by atoms with Gasteiger partial charge >= 0.3 is 0 Å². The molecule has 182 valence electrons. The first-order chi connectivity index (χ1) is 16.0. The summed E-state index contributed by atoms with van der Waals surface area (Å²) in [6.07, 6.45) is 2.16. The number of carbonyl (C=O) groups is 1. The van der Waals surface area contributed by atoms with Crippen LogP contribution < -0.4 is 10.1 Å². The zero-order chi connectivity index (χ0) is 24.6. The van der Waals surface area contributed by atoms with Crippen molar-refractivity contribution in [1.82, 2.24) is 14.8 Å². The Morgan fingerprint density at radius 2 is 2.03 bits per heavy atom. The lowest BCUT2D eigenvalue weighted by Gasteiger charge is -2.20. The Hall–Kier alpha value is -2.93. The molecular formula is C27H36N4O3. The van der Waals surface area contributed by atoms with E-state index < -0.39 is 0 Å². The number of fused-ring (bicyclic) bond motifs is 1. The molecule has 1 fully saturated rings. The number of nitrogens with one attached hydrogen (secondary N) is 1. The van der Waals surface area contributed by atoms with Crippen LogP contribution in [0.4, 0.5) is 5.69 Å². The Morgan fingerprint density at radius 1 is 1.26 bits per heavy atom. The molecule has 1 atom stereocenters. The van der Waals surface area contributed by atoms with Crippen LogP contribution >= 0.6 is 0 Å². The monoisotopic (exact) mass is 464 g/mol. The van der Waals surface area contributed by atoms with Crippen molar-refractivity contribution in [3.05, 3.63) is 46.8 Å². The average molecular weight is 465 g/mol. The molecule has 7 nitrogen and oxygen atoms in total. The molecule has 0 radical (unpaired) electrons. The zero-order valence-electron chi connectivity index (χ0n) is 21.4. The summed E-state index contributed by atoms with van der Waals surface area (Å²) in [7, 11) is 0. The van der Waals surface area contributed by atoms with Gasteiger partial charge in [0.15, 0.2) is 5.65 Å². The second-order valence-electron chi connectivity index (χ2n) is 10.5. The SMILES string of the molecule is Cc1ccc(NC(=O)c2cc(C(C)C)nc3c2c(C)nn3C(C)(C)C)c(OCC2CCCO2)c1. The van der Waals surface area contributed by atoms with E-state index in [1.807, 2.05) is 42.8 Å². The van der Waals surface area contributed by atoms with E-state index in [9.17, 15) is 4.79 Å². The highest BCUT2D eigenvalue weighted by Gasteiger charge is 2.26. The molecule has 0 aliphatic carbocycles. The van der Waals surface area contributed by atoms with Crippen molar-refractivity contribution in [2.45, 2.75) is 78.9 Å². The summed E-state index contributed by atoms with van der Waals surface area (Å²) in [5, 5.41) is 8.63. The van der Waals surface area contributed by atoms with E-state index in [4.69, 9.17) is 19.6 Å². The van der Waals surface area contributed by atoms with Crippen molar-refractivity contribution >= 4 is 22.6 Å². The number of pyridine rings is 1. The van der Waals surface area contributed by atoms with Crippen LogP contribution in [0.2, 0.25) is 0 Å². The largest absolute Gasteiger partial charge is 0.489 e. The van der Waals surface area contributed by atoms with Gasteiger partial charge in [-0.15, -0.1) is 0 Å². The summed E-state index contributed by atoms with van der Waals surface area (Å²) in [6, 6.07) is 7.71. The van der Waals surface area contributed by atoms with E-state index in [1.54, 1.807) is 0 Å². The van der Waals surface area contributed by atoms with Gasteiger partial charge in [0, 0.05) is 12.3 Å². The van der Waals surface area contributed by atoms with Crippen molar-refractivity contribution < 1.29 is 14.3 Å². The Balaban J connectivity index is 1.71. The van der Waals surface area contributed by atoms with Gasteiger partial charge in [-0.1, -0.05) is 19.9 Å². The second kappa shape index (κ2) is 9.37. The number of aromatic nitrogens is 3. The molecule has 34 heavy (non-hydrogen) atoms. The van der Waals surface area contributed by atoms with Crippen molar-refractivity contribution in [1.29, 1.82) is 0 Å². The number of hydrogen-bond acceptors (Lipinski definition) is 5. The molecule has 3 heterocycles. The fourth-order valence-electron chi connectivity index (χ4n) is 4.25. The van der Waals surface area contributed by atoms with E-state index in [1.165, 1.54) is 0 Å². The summed E-state index contributed by atoms with van der Waals surface area (Å²) in [5.41, 5.74) is 4.41. The fourth-order valence-corrected chi connectivity index (χ4v) is 4.25. The number of anilines is 1. The molecule has 1 unspecified atom stereocenters. The van der Waals surface area contributed by atoms with E-state index in [0.29, 0.717) is 23.6 Å². The number of ether oxygens (including phenoxy) is 2. The smallest absolute Gasteiger partial charge is 0.256 e. The third-order valence-electron chi connectivity index (χ3n) is 6.14. The number of benzene rings is 1. The molecule has 1 N–H and O–H groups in total. The molecule has 1 aromatic carbocycles. The molecule has 1 amide bonds. The van der Waals surface area contributed by atoms with E-state index in [0.717, 1.165) is 47.4 Å². The van der Waals surface area contributed by atoms with Crippen LogP contribution in [0.5, 0.6) is 5.75 Å². The molecule has 2 aromatic heterocycles. The number of carbonyl (C=O) groups excluding carboxylic acids is 1. The van der Waals surface area contributed by atoms with Gasteiger partial charge in [-0.25, -0.2) is 9.67 Å². The molecule has 7 heteroatoms. The number of amides is 1. The van der Waals surface area contributed by atoms with Crippen LogP contribution in [-0.2, 0) is 10.3 Å². The van der Waals surface area contributed by atoms with Gasteiger partial charge in [0.2, 0.25) is 0 Å². The first kappa shape index (κ1) is 24.2. The second-order valence-corrected chi connectivity index (χ2v) is 10.5. The van der Waals surface area contributed by atoms with Crippen LogP contribution in [0, 0.1) is 13.8 Å². The molecule has 0 bridgehead atoms. The highest BCUT2D eigenvalue weighted by Crippen LogP contribution is 2.31. The lowest BCUT2D eigenvalue weighted by atomic mass is 10.0. The molecule has 4 rings (SSSR count). The quantitative estimate of drug-likeness (QED) is 0.503. The van der Waals surface area contributed by atoms with Gasteiger partial charge in [0.1, 0.15) is 12.4 Å². The topological polar surface area (TPSA) is 78.3 Å². The Labute approximate surface area is 201 Å². The van der Waals surface area contributed by atoms with Crippen molar-refractivity contribution in [3.63, 3.8) is 0 Å². The Morgan fingerprint density at radius 3 is 2.68 bits per heavy atom. The third kappa shape index (κ3) is 4.94. The summed E-state index contributed by atoms with van der Waals surface area (Å²) < 4.78 is 13.7. The van der Waals surface area contributed by atoms with Crippen LogP contribution in [0.1, 0.15) is 80.7 Å². The van der Waals surface area contributed by atoms with Crippen molar-refractivity contribution in [3.8, 4) is 5.75 Å². The van der Waals surface area contributed by atoms with Crippen molar-refractivity contribution in [2.75, 3.05) is 18.5 Å². The maximum Gasteiger partial charge on any atom is 0.256 e. The molecule has 1 aliphatic heterocycles. The molecule has 1 aliphatic rings. The van der Waals surface area contributed by atoms with E-state index >= 15 is 0 Å². The maximum atomic E-state index is 13.7. The van der Waals surface area contributed by atoms with Crippen LogP contribution in [-0.4, -0.2) is 40.0 Å². The minimum atomic E-state index is -0.261. The highest BCUT2D eigenvalue weighted by atomic mass is 16.5. The summed E-state index contributed by atoms with van der Waals surface area (Å²) in [6.45, 7) is 15.6. The lowest BCUT2D eigenvalue weighted by molar-refractivity contribution is 0.0681. The van der Waals surface area contributed by atoms with Crippen LogP contribution in [0.25, 0.3) is 11.0 Å². The summed E-state index contributed by atoms with van der Waals surface area (Å²) >= 11 is 0. The van der Waals surface area contributed by atoms with Crippen LogP contribution in [0.3, 0.4) is 0 Å². The van der Waals surface area contributed by atoms with Gasteiger partial charge in [-0.3, -0.25) is 4.79 Å². The Bertz CT molecular complexity index is 1200. The predicted octanol–water partition coefficient (Wildman–Crippen LogP) is 5.74. The Kier molecular flexibility index (Phi) is 6.67. The molecular weight excluding hydrogens is 428 g/mol. The highest BCUT2D eigenvalue weighted by molar-refractivity contribution is 6.13. The lowest BCUT2D eigenvalue weighted by Crippen LogP contribution is -2.24. The van der Waals surface area contributed by atoms with Gasteiger partial charge in [0.25, 0.3) is 5.91 Å². The minimum absolute atomic E-state index is 0.100. The predicted molar refractivity (Wildman–Crippen MR) is 135 cm³/mol. The van der Waals surface area contributed by atoms with E-state index in [2.05, 4.69) is 39.9 Å². The number of aryl methyl sites for hydroxylation is 2. The maximum absolute atomic E-state index is 13.7. The van der Waals surface area contributed by atoms with Crippen LogP contribution in [0.15, 0.2) is 24.3 Å². The normalized spacial score (nSPS) is 16.4. The third-order valence-corrected chi connectivity index (χ3v) is 6.14. The molecule has 0 saturated carbocycles. The zero-order valence-corrected chi connectivity index (χ0v) is 21.4. The minimum Gasteiger partial charge on any atom is -0.489 e. The number of rotatable bonds is 6. The summed E-state index contributed by atoms with van der Waals surface area (Å²) in [5.74, 6) is 0.626. The first-order valence-corrected chi connectivity index (χ1v) is 12.1. The van der Waals surface area contributed by atoms with Gasteiger partial charge in [0.05, 0.1) is 34.0 Å². The van der Waals surface area contributed by atoms with E-state index in [-0.39, 0.29) is 23.5 Å². The van der Waals surface area contributed by atoms with Crippen molar-refractivity contribution in [2.24, 2.45) is 0 Å². The first-order valence-electron chi connectivity index (χ1n) is 12.1. The van der Waals surface area contributed by atoms with Gasteiger partial charge in [-0.2, -0.15) is 5.10 Å². The number of hydrogen-bond donors (Lipinski definition) is 1. The molecule has 0 spiro atoms. The molecule has 3 aromatic rings. The molecule has 1 saturated heterocycles. The summed E-state index contributed by atoms with van der Waals surface area (Å²) in [4.78, 5) is 18.6. The average Bonchev–Trinajstić information content (AvgIpc) is 3.41. The number of nitrogens with zero attached hydrogens (tertiary/aromatic N) is 3. The van der Waals surface area contributed by atoms with Gasteiger partial charge < -0.3 is 14.8 Å². The fraction of sp³-hybridized carbons (Fsp3) is 0.519. The van der Waals surface area contributed by atoms with Gasteiger partial charge in [-0.05, 0) is 77.1 Å².